The molecular formula is C19H14N4O4. The molecule has 1 aliphatic heterocycles. The molecule has 0 aliphatic carbocycles. The lowest BCUT2D eigenvalue weighted by Crippen LogP contribution is -2.44. The zero-order valence-electron chi connectivity index (χ0n) is 14.1. The summed E-state index contributed by atoms with van der Waals surface area (Å²) in [6.07, 6.45) is 3.09. The monoisotopic (exact) mass is 362 g/mol. The number of para-hydroxylation sites is 2. The molecule has 0 atom stereocenters. The van der Waals surface area contributed by atoms with Crippen molar-refractivity contribution in [3.63, 3.8) is 0 Å². The second kappa shape index (κ2) is 6.83. The van der Waals surface area contributed by atoms with E-state index < -0.39 is 18.5 Å². The quantitative estimate of drug-likeness (QED) is 0.713. The Kier molecular flexibility index (Phi) is 4.21. The first kappa shape index (κ1) is 16.6. The van der Waals surface area contributed by atoms with Crippen LogP contribution in [0.15, 0.2) is 54.9 Å². The fourth-order valence-corrected chi connectivity index (χ4v) is 2.83. The third-order valence-corrected chi connectivity index (χ3v) is 4.10. The van der Waals surface area contributed by atoms with Crippen LogP contribution in [0.25, 0.3) is 11.0 Å². The van der Waals surface area contributed by atoms with E-state index >= 15 is 0 Å². The Morgan fingerprint density at radius 2 is 1.85 bits per heavy atom. The number of nitrogens with one attached hydrogen (secondary N) is 1. The summed E-state index contributed by atoms with van der Waals surface area (Å²) in [5, 5.41) is 2.70. The molecule has 8 heteroatoms. The molecule has 2 heterocycles. The van der Waals surface area contributed by atoms with E-state index in [0.29, 0.717) is 22.4 Å². The first-order valence-electron chi connectivity index (χ1n) is 8.19. The molecule has 3 aromatic rings. The maximum absolute atomic E-state index is 12.5. The van der Waals surface area contributed by atoms with E-state index in [4.69, 9.17) is 4.74 Å². The number of benzene rings is 2. The minimum absolute atomic E-state index is 0.126. The predicted molar refractivity (Wildman–Crippen MR) is 97.2 cm³/mol. The highest BCUT2D eigenvalue weighted by atomic mass is 16.5. The van der Waals surface area contributed by atoms with Crippen LogP contribution in [0.2, 0.25) is 0 Å². The number of carbonyl (C=O) groups excluding carboxylic acids is 3. The lowest BCUT2D eigenvalue weighted by atomic mass is 10.2. The summed E-state index contributed by atoms with van der Waals surface area (Å²) in [5.74, 6) is -1.43. The van der Waals surface area contributed by atoms with Gasteiger partial charge in [-0.2, -0.15) is 0 Å². The lowest BCUT2D eigenvalue weighted by molar-refractivity contribution is -0.124. The molecule has 1 aliphatic rings. The van der Waals surface area contributed by atoms with E-state index in [1.54, 1.807) is 48.7 Å². The Morgan fingerprint density at radius 1 is 1.07 bits per heavy atom. The molecule has 0 unspecified atom stereocenters. The average Bonchev–Trinajstić information content (AvgIpc) is 2.70. The van der Waals surface area contributed by atoms with E-state index in [-0.39, 0.29) is 18.0 Å². The maximum atomic E-state index is 12.5. The minimum Gasteiger partial charge on any atom is -0.452 e. The summed E-state index contributed by atoms with van der Waals surface area (Å²) in [6, 6.07) is 11.7. The summed E-state index contributed by atoms with van der Waals surface area (Å²) >= 11 is 0. The van der Waals surface area contributed by atoms with Gasteiger partial charge < -0.3 is 10.1 Å². The molecule has 1 N–H and O–H groups in total. The molecule has 27 heavy (non-hydrogen) atoms. The van der Waals surface area contributed by atoms with Crippen LogP contribution in [0, 0.1) is 0 Å². The molecule has 0 saturated heterocycles. The Morgan fingerprint density at radius 3 is 2.70 bits per heavy atom. The normalized spacial score (nSPS) is 13.0. The SMILES string of the molecule is O=C1CN(C(=O)COC(=O)c2ccc3nccnc3c2)c2ccccc2N1. The smallest absolute Gasteiger partial charge is 0.338 e. The number of hydrogen-bond donors (Lipinski definition) is 1. The predicted octanol–water partition coefficient (Wildman–Crippen LogP) is 1.77. The van der Waals surface area contributed by atoms with Crippen molar-refractivity contribution in [1.82, 2.24) is 9.97 Å². The average molecular weight is 362 g/mol. The van der Waals surface area contributed by atoms with E-state index in [1.807, 2.05) is 0 Å². The number of aromatic nitrogens is 2. The molecule has 2 amide bonds. The standard InChI is InChI=1S/C19H14N4O4/c24-17-10-23(16-4-2-1-3-14(16)22-17)18(25)11-27-19(26)12-5-6-13-15(9-12)21-8-7-20-13/h1-9H,10-11H2,(H,22,24). The van der Waals surface area contributed by atoms with Gasteiger partial charge in [0.05, 0.1) is 28.0 Å². The number of carbonyl (C=O) groups is 3. The van der Waals surface area contributed by atoms with Crippen molar-refractivity contribution in [3.8, 4) is 0 Å². The number of esters is 1. The van der Waals surface area contributed by atoms with Crippen molar-refractivity contribution in [1.29, 1.82) is 0 Å². The van der Waals surface area contributed by atoms with Gasteiger partial charge in [0.15, 0.2) is 6.61 Å². The van der Waals surface area contributed by atoms with E-state index in [1.165, 1.54) is 11.1 Å². The summed E-state index contributed by atoms with van der Waals surface area (Å²) in [6.45, 7) is -0.599. The number of amides is 2. The molecule has 0 bridgehead atoms. The fourth-order valence-electron chi connectivity index (χ4n) is 2.83. The van der Waals surface area contributed by atoms with Gasteiger partial charge in [-0.1, -0.05) is 12.1 Å². The molecule has 2 aromatic carbocycles. The van der Waals surface area contributed by atoms with Crippen LogP contribution >= 0.6 is 0 Å². The van der Waals surface area contributed by atoms with E-state index in [9.17, 15) is 14.4 Å². The van der Waals surface area contributed by atoms with Gasteiger partial charge in [0.1, 0.15) is 6.54 Å². The molecule has 4 rings (SSSR count). The van der Waals surface area contributed by atoms with Gasteiger partial charge in [0.25, 0.3) is 5.91 Å². The Hall–Kier alpha value is -3.81. The van der Waals surface area contributed by atoms with Gasteiger partial charge in [-0.05, 0) is 30.3 Å². The first-order chi connectivity index (χ1) is 13.1. The molecule has 0 fully saturated rings. The Labute approximate surface area is 153 Å². The zero-order chi connectivity index (χ0) is 18.8. The summed E-state index contributed by atoms with van der Waals surface area (Å²) in [5.41, 5.74) is 2.59. The number of hydrogen-bond acceptors (Lipinski definition) is 6. The molecule has 1 aromatic heterocycles. The van der Waals surface area contributed by atoms with Crippen molar-refractivity contribution in [2.75, 3.05) is 23.4 Å². The number of fused-ring (bicyclic) bond motifs is 2. The third-order valence-electron chi connectivity index (χ3n) is 4.10. The fraction of sp³-hybridized carbons (Fsp3) is 0.105. The molecule has 0 spiro atoms. The third kappa shape index (κ3) is 3.32. The van der Waals surface area contributed by atoms with Crippen molar-refractivity contribution in [2.45, 2.75) is 0 Å². The summed E-state index contributed by atoms with van der Waals surface area (Å²) < 4.78 is 5.13. The van der Waals surface area contributed by atoms with Gasteiger partial charge in [0.2, 0.25) is 5.91 Å². The van der Waals surface area contributed by atoms with Crippen LogP contribution in [-0.2, 0) is 14.3 Å². The Bertz CT molecular complexity index is 1070. The van der Waals surface area contributed by atoms with Crippen molar-refractivity contribution >= 4 is 40.2 Å². The van der Waals surface area contributed by atoms with Gasteiger partial charge >= 0.3 is 5.97 Å². The number of ether oxygens (including phenoxy) is 1. The Balaban J connectivity index is 1.47. The van der Waals surface area contributed by atoms with Crippen molar-refractivity contribution < 1.29 is 19.1 Å². The van der Waals surface area contributed by atoms with Gasteiger partial charge in [0, 0.05) is 12.4 Å². The molecule has 0 radical (unpaired) electrons. The number of anilines is 2. The van der Waals surface area contributed by atoms with Crippen LogP contribution in [0.1, 0.15) is 10.4 Å². The molecular weight excluding hydrogens is 348 g/mol. The van der Waals surface area contributed by atoms with Gasteiger partial charge in [-0.3, -0.25) is 24.5 Å². The second-order valence-corrected chi connectivity index (χ2v) is 5.88. The zero-order valence-corrected chi connectivity index (χ0v) is 14.1. The van der Waals surface area contributed by atoms with E-state index in [0.717, 1.165) is 0 Å². The van der Waals surface area contributed by atoms with Crippen LogP contribution < -0.4 is 10.2 Å². The number of nitrogens with zero attached hydrogens (tertiary/aromatic N) is 3. The molecule has 134 valence electrons. The highest BCUT2D eigenvalue weighted by molar-refractivity contribution is 6.10. The van der Waals surface area contributed by atoms with Crippen LogP contribution in [-0.4, -0.2) is 40.9 Å². The maximum Gasteiger partial charge on any atom is 0.338 e. The largest absolute Gasteiger partial charge is 0.452 e. The van der Waals surface area contributed by atoms with Crippen LogP contribution in [0.3, 0.4) is 0 Å². The summed E-state index contributed by atoms with van der Waals surface area (Å²) in [4.78, 5) is 46.1. The van der Waals surface area contributed by atoms with E-state index in [2.05, 4.69) is 15.3 Å². The van der Waals surface area contributed by atoms with Crippen molar-refractivity contribution in [3.05, 3.63) is 60.4 Å². The number of rotatable bonds is 3. The summed E-state index contributed by atoms with van der Waals surface area (Å²) in [7, 11) is 0. The van der Waals surface area contributed by atoms with Crippen LogP contribution in [0.4, 0.5) is 11.4 Å². The molecule has 8 nitrogen and oxygen atoms in total. The topological polar surface area (TPSA) is 101 Å². The van der Waals surface area contributed by atoms with Gasteiger partial charge in [-0.15, -0.1) is 0 Å². The molecule has 0 saturated carbocycles. The second-order valence-electron chi connectivity index (χ2n) is 5.88. The van der Waals surface area contributed by atoms with Crippen LogP contribution in [0.5, 0.6) is 0 Å². The highest BCUT2D eigenvalue weighted by Crippen LogP contribution is 2.28. The highest BCUT2D eigenvalue weighted by Gasteiger charge is 2.27. The van der Waals surface area contributed by atoms with Gasteiger partial charge in [-0.25, -0.2) is 4.79 Å². The first-order valence-corrected chi connectivity index (χ1v) is 8.19. The van der Waals surface area contributed by atoms with Crippen molar-refractivity contribution in [2.24, 2.45) is 0 Å². The lowest BCUT2D eigenvalue weighted by Gasteiger charge is -2.28. The minimum atomic E-state index is -0.648.